The van der Waals surface area contributed by atoms with Crippen LogP contribution in [0.25, 0.3) is 10.9 Å². The first-order chi connectivity index (χ1) is 10.8. The molecule has 0 saturated carbocycles. The smallest absolute Gasteiger partial charge is 0.0458 e. The SMILES string of the molecule is CCCCC[C@H](c1c[nH]c2ccc(Br)cc12)N1CCNCC1.Cl.Cl. The van der Waals surface area contributed by atoms with E-state index in [1.807, 2.05) is 0 Å². The standard InChI is InChI=1S/C18H26BrN3.2ClH/c1-2-3-4-5-18(22-10-8-20-9-11-22)16-13-21-17-7-6-14(19)12-15(16)17;;/h6-7,12-13,18,20-21H,2-5,8-11H2,1H3;2*1H/t18-;;/m1../s1. The Morgan fingerprint density at radius 1 is 1.17 bits per heavy atom. The Kier molecular flexibility index (Phi) is 9.68. The second-order valence-corrected chi connectivity index (χ2v) is 7.15. The quantitative estimate of drug-likeness (QED) is 0.601. The van der Waals surface area contributed by atoms with Crippen molar-refractivity contribution in [3.05, 3.63) is 34.4 Å². The third-order valence-electron chi connectivity index (χ3n) is 4.71. The lowest BCUT2D eigenvalue weighted by atomic mass is 9.97. The fourth-order valence-corrected chi connectivity index (χ4v) is 3.87. The van der Waals surface area contributed by atoms with Gasteiger partial charge in [-0.1, -0.05) is 42.1 Å². The Morgan fingerprint density at radius 3 is 2.62 bits per heavy atom. The zero-order valence-electron chi connectivity index (χ0n) is 14.2. The fourth-order valence-electron chi connectivity index (χ4n) is 3.51. The summed E-state index contributed by atoms with van der Waals surface area (Å²) >= 11 is 3.62. The van der Waals surface area contributed by atoms with Crippen molar-refractivity contribution in [3.8, 4) is 0 Å². The summed E-state index contributed by atoms with van der Waals surface area (Å²) in [5.74, 6) is 0. The molecule has 1 fully saturated rings. The van der Waals surface area contributed by atoms with Crippen LogP contribution < -0.4 is 5.32 Å². The van der Waals surface area contributed by atoms with E-state index in [-0.39, 0.29) is 24.8 Å². The lowest BCUT2D eigenvalue weighted by molar-refractivity contribution is 0.164. The highest BCUT2D eigenvalue weighted by Crippen LogP contribution is 2.33. The van der Waals surface area contributed by atoms with E-state index >= 15 is 0 Å². The van der Waals surface area contributed by atoms with E-state index in [0.717, 1.165) is 30.7 Å². The molecular weight excluding hydrogens is 409 g/mol. The first-order valence-corrected chi connectivity index (χ1v) is 9.30. The molecule has 1 saturated heterocycles. The van der Waals surface area contributed by atoms with Gasteiger partial charge in [0.2, 0.25) is 0 Å². The maximum absolute atomic E-state index is 3.62. The Bertz CT molecular complexity index is 611. The van der Waals surface area contributed by atoms with Crippen LogP contribution in [0.15, 0.2) is 28.9 Å². The number of fused-ring (bicyclic) bond motifs is 1. The molecule has 2 N–H and O–H groups in total. The van der Waals surface area contributed by atoms with Crippen LogP contribution in [0.3, 0.4) is 0 Å². The van der Waals surface area contributed by atoms with Crippen molar-refractivity contribution in [3.63, 3.8) is 0 Å². The van der Waals surface area contributed by atoms with Crippen molar-refractivity contribution >= 4 is 51.6 Å². The van der Waals surface area contributed by atoms with Gasteiger partial charge < -0.3 is 10.3 Å². The maximum Gasteiger partial charge on any atom is 0.0458 e. The van der Waals surface area contributed by atoms with Gasteiger partial charge in [-0.15, -0.1) is 24.8 Å². The molecular formula is C18H28BrCl2N3. The number of aromatic nitrogens is 1. The van der Waals surface area contributed by atoms with Crippen molar-refractivity contribution in [2.45, 2.75) is 38.6 Å². The second-order valence-electron chi connectivity index (χ2n) is 6.23. The monoisotopic (exact) mass is 435 g/mol. The molecule has 2 heterocycles. The van der Waals surface area contributed by atoms with Crippen LogP contribution in [-0.2, 0) is 0 Å². The molecule has 6 heteroatoms. The number of aromatic amines is 1. The maximum atomic E-state index is 3.62. The van der Waals surface area contributed by atoms with Gasteiger partial charge in [0, 0.05) is 53.8 Å². The number of hydrogen-bond donors (Lipinski definition) is 2. The van der Waals surface area contributed by atoms with Crippen molar-refractivity contribution in [1.82, 2.24) is 15.2 Å². The first kappa shape index (κ1) is 21.8. The van der Waals surface area contributed by atoms with E-state index in [1.54, 1.807) is 0 Å². The van der Waals surface area contributed by atoms with Gasteiger partial charge in [0.15, 0.2) is 0 Å². The molecule has 1 aliphatic rings. The Labute approximate surface area is 165 Å². The van der Waals surface area contributed by atoms with Crippen LogP contribution in [0.1, 0.15) is 44.2 Å². The molecule has 0 radical (unpaired) electrons. The van der Waals surface area contributed by atoms with Gasteiger partial charge in [-0.2, -0.15) is 0 Å². The number of rotatable bonds is 6. The predicted octanol–water partition coefficient (Wildman–Crippen LogP) is 5.30. The summed E-state index contributed by atoms with van der Waals surface area (Å²) in [6, 6.07) is 7.08. The number of benzene rings is 1. The van der Waals surface area contributed by atoms with E-state index in [9.17, 15) is 0 Å². The molecule has 0 aliphatic carbocycles. The lowest BCUT2D eigenvalue weighted by Crippen LogP contribution is -2.45. The Balaban J connectivity index is 0.00000144. The minimum atomic E-state index is 0. The molecule has 3 nitrogen and oxygen atoms in total. The topological polar surface area (TPSA) is 31.1 Å². The number of hydrogen-bond acceptors (Lipinski definition) is 2. The third kappa shape index (κ3) is 5.12. The van der Waals surface area contributed by atoms with Gasteiger partial charge in [-0.3, -0.25) is 4.90 Å². The number of unbranched alkanes of at least 4 members (excludes halogenated alkanes) is 2. The Hall–Kier alpha value is -0.260. The third-order valence-corrected chi connectivity index (χ3v) is 5.20. The summed E-state index contributed by atoms with van der Waals surface area (Å²) in [5, 5.41) is 4.84. The van der Waals surface area contributed by atoms with Crippen LogP contribution in [0.2, 0.25) is 0 Å². The van der Waals surface area contributed by atoms with Gasteiger partial charge in [-0.05, 0) is 30.2 Å². The van der Waals surface area contributed by atoms with E-state index in [4.69, 9.17) is 0 Å². The number of nitrogens with zero attached hydrogens (tertiary/aromatic N) is 1. The van der Waals surface area contributed by atoms with Crippen LogP contribution in [0.4, 0.5) is 0 Å². The summed E-state index contributed by atoms with van der Waals surface area (Å²) in [7, 11) is 0. The first-order valence-electron chi connectivity index (χ1n) is 8.51. The molecule has 0 bridgehead atoms. The molecule has 24 heavy (non-hydrogen) atoms. The second kappa shape index (κ2) is 10.7. The molecule has 0 unspecified atom stereocenters. The average Bonchev–Trinajstić information content (AvgIpc) is 2.95. The van der Waals surface area contributed by atoms with Crippen LogP contribution >= 0.6 is 40.7 Å². The highest BCUT2D eigenvalue weighted by molar-refractivity contribution is 9.10. The van der Waals surface area contributed by atoms with Crippen molar-refractivity contribution in [1.29, 1.82) is 0 Å². The highest BCUT2D eigenvalue weighted by Gasteiger charge is 2.24. The average molecular weight is 437 g/mol. The summed E-state index contributed by atoms with van der Waals surface area (Å²) in [6.45, 7) is 6.80. The van der Waals surface area contributed by atoms with Crippen molar-refractivity contribution < 1.29 is 0 Å². The van der Waals surface area contributed by atoms with Gasteiger partial charge in [0.25, 0.3) is 0 Å². The summed E-state index contributed by atoms with van der Waals surface area (Å²) in [6.07, 6.45) is 7.41. The summed E-state index contributed by atoms with van der Waals surface area (Å²) < 4.78 is 1.16. The zero-order valence-corrected chi connectivity index (χ0v) is 17.4. The molecule has 1 aromatic heterocycles. The predicted molar refractivity (Wildman–Crippen MR) is 112 cm³/mol. The molecule has 136 valence electrons. The van der Waals surface area contributed by atoms with E-state index < -0.39 is 0 Å². The summed E-state index contributed by atoms with van der Waals surface area (Å²) in [5.41, 5.74) is 2.71. The van der Waals surface area contributed by atoms with Gasteiger partial charge in [0.05, 0.1) is 0 Å². The van der Waals surface area contributed by atoms with Crippen LogP contribution in [0.5, 0.6) is 0 Å². The zero-order chi connectivity index (χ0) is 15.4. The molecule has 1 aliphatic heterocycles. The molecule has 0 amide bonds. The number of H-pyrrole nitrogens is 1. The highest BCUT2D eigenvalue weighted by atomic mass is 79.9. The number of halogens is 3. The van der Waals surface area contributed by atoms with E-state index in [0.29, 0.717) is 6.04 Å². The minimum absolute atomic E-state index is 0. The minimum Gasteiger partial charge on any atom is -0.361 e. The lowest BCUT2D eigenvalue weighted by Gasteiger charge is -2.35. The van der Waals surface area contributed by atoms with E-state index in [1.165, 1.54) is 42.1 Å². The number of nitrogens with one attached hydrogen (secondary N) is 2. The van der Waals surface area contributed by atoms with Crippen molar-refractivity contribution in [2.24, 2.45) is 0 Å². The molecule has 1 aromatic carbocycles. The normalized spacial score (nSPS) is 16.4. The number of piperazine rings is 1. The fraction of sp³-hybridized carbons (Fsp3) is 0.556. The largest absolute Gasteiger partial charge is 0.361 e. The van der Waals surface area contributed by atoms with Gasteiger partial charge in [-0.25, -0.2) is 0 Å². The molecule has 2 aromatic rings. The van der Waals surface area contributed by atoms with Crippen LogP contribution in [0, 0.1) is 0 Å². The van der Waals surface area contributed by atoms with Gasteiger partial charge >= 0.3 is 0 Å². The van der Waals surface area contributed by atoms with E-state index in [2.05, 4.69) is 62.5 Å². The molecule has 1 atom stereocenters. The van der Waals surface area contributed by atoms with Crippen molar-refractivity contribution in [2.75, 3.05) is 26.2 Å². The molecule has 0 spiro atoms. The van der Waals surface area contributed by atoms with Crippen LogP contribution in [-0.4, -0.2) is 36.1 Å². The summed E-state index contributed by atoms with van der Waals surface area (Å²) in [4.78, 5) is 6.12. The Morgan fingerprint density at radius 2 is 1.92 bits per heavy atom. The molecule has 3 rings (SSSR count). The van der Waals surface area contributed by atoms with Gasteiger partial charge in [0.1, 0.15) is 0 Å².